The molecule has 2 N–H and O–H groups in total. The molecule has 0 radical (unpaired) electrons. The Kier molecular flexibility index (Phi) is 7.39. The molecule has 192 valence electrons. The number of likely N-dealkylation sites (tertiary alicyclic amines) is 1. The van der Waals surface area contributed by atoms with Crippen molar-refractivity contribution in [1.29, 1.82) is 0 Å². The van der Waals surface area contributed by atoms with Crippen molar-refractivity contribution in [1.82, 2.24) is 25.2 Å². The lowest BCUT2D eigenvalue weighted by molar-refractivity contribution is -0.00206. The van der Waals surface area contributed by atoms with Crippen LogP contribution in [0.3, 0.4) is 0 Å². The number of nitrogens with one attached hydrogen (secondary N) is 2. The molecule has 0 unspecified atom stereocenters. The number of anilines is 1. The van der Waals surface area contributed by atoms with Crippen LogP contribution in [0, 0.1) is 18.7 Å². The second-order valence-electron chi connectivity index (χ2n) is 10.1. The average molecular weight is 515 g/mol. The number of fused-ring (bicyclic) bond motifs is 1. The highest BCUT2D eigenvalue weighted by Gasteiger charge is 2.33. The number of rotatable bonds is 7. The number of thiophene rings is 1. The van der Waals surface area contributed by atoms with Gasteiger partial charge < -0.3 is 20.3 Å². The number of carbonyl (C=O) groups excluding carboxylic acids is 2. The normalized spacial score (nSPS) is 14.9. The molecule has 0 bridgehead atoms. The molecule has 11 heteroatoms. The van der Waals surface area contributed by atoms with Gasteiger partial charge in [-0.15, -0.1) is 11.3 Å². The van der Waals surface area contributed by atoms with Gasteiger partial charge in [0.05, 0.1) is 22.5 Å². The van der Waals surface area contributed by atoms with Crippen LogP contribution >= 0.6 is 11.3 Å². The van der Waals surface area contributed by atoms with E-state index in [1.54, 1.807) is 11.1 Å². The van der Waals surface area contributed by atoms with Crippen LogP contribution in [0.15, 0.2) is 24.5 Å². The van der Waals surface area contributed by atoms with E-state index < -0.39 is 11.4 Å². The zero-order valence-electron chi connectivity index (χ0n) is 21.1. The Hall–Kier alpha value is -3.34. The Morgan fingerprint density at radius 1 is 1.25 bits per heavy atom. The van der Waals surface area contributed by atoms with Crippen LogP contribution < -0.4 is 10.6 Å². The summed E-state index contributed by atoms with van der Waals surface area (Å²) in [6, 6.07) is 3.00. The fourth-order valence-electron chi connectivity index (χ4n) is 3.91. The fourth-order valence-corrected chi connectivity index (χ4v) is 4.85. The molecule has 1 aliphatic heterocycles. The molecular formula is C25H31FN6O3S. The summed E-state index contributed by atoms with van der Waals surface area (Å²) >= 11 is 1.47. The van der Waals surface area contributed by atoms with E-state index in [1.807, 2.05) is 40.7 Å². The summed E-state index contributed by atoms with van der Waals surface area (Å²) in [5.74, 6) is -0.109. The van der Waals surface area contributed by atoms with Gasteiger partial charge in [0.25, 0.3) is 5.91 Å². The molecule has 1 aliphatic rings. The Labute approximate surface area is 213 Å². The van der Waals surface area contributed by atoms with Crippen molar-refractivity contribution in [3.8, 4) is 0 Å². The third-order valence-electron chi connectivity index (χ3n) is 5.73. The van der Waals surface area contributed by atoms with E-state index in [1.165, 1.54) is 17.4 Å². The first-order valence-corrected chi connectivity index (χ1v) is 12.7. The van der Waals surface area contributed by atoms with Gasteiger partial charge in [-0.25, -0.2) is 19.2 Å². The highest BCUT2D eigenvalue weighted by atomic mass is 32.1. The van der Waals surface area contributed by atoms with Gasteiger partial charge in [-0.3, -0.25) is 9.78 Å². The number of halogens is 1. The Morgan fingerprint density at radius 2 is 2.00 bits per heavy atom. The van der Waals surface area contributed by atoms with Gasteiger partial charge in [0.1, 0.15) is 11.4 Å². The van der Waals surface area contributed by atoms with Gasteiger partial charge in [-0.1, -0.05) is 0 Å². The predicted octanol–water partition coefficient (Wildman–Crippen LogP) is 4.69. The number of nitrogens with zero attached hydrogens (tertiary/aromatic N) is 4. The smallest absolute Gasteiger partial charge is 0.410 e. The predicted molar refractivity (Wildman–Crippen MR) is 137 cm³/mol. The molecule has 36 heavy (non-hydrogen) atoms. The molecule has 0 saturated carbocycles. The molecule has 3 aromatic heterocycles. The molecular weight excluding hydrogens is 483 g/mol. The maximum Gasteiger partial charge on any atom is 0.410 e. The maximum atomic E-state index is 13.6. The molecule has 3 aromatic rings. The lowest BCUT2D eigenvalue weighted by Crippen LogP contribution is -2.52. The van der Waals surface area contributed by atoms with Crippen LogP contribution in [0.5, 0.6) is 0 Å². The monoisotopic (exact) mass is 514 g/mol. The van der Waals surface area contributed by atoms with Crippen molar-refractivity contribution >= 4 is 39.5 Å². The SMILES string of the molecule is Cc1cc2nc(N[C@@H](C)c3cncc(F)c3)nc(C(=O)NCCC3CN(C(=O)OC(C)(C)C)C3)c2s1. The summed E-state index contributed by atoms with van der Waals surface area (Å²) in [4.78, 5) is 40.8. The topological polar surface area (TPSA) is 109 Å². The number of ether oxygens (including phenoxy) is 1. The zero-order chi connectivity index (χ0) is 26.0. The molecule has 0 spiro atoms. The van der Waals surface area contributed by atoms with E-state index in [9.17, 15) is 14.0 Å². The summed E-state index contributed by atoms with van der Waals surface area (Å²) in [5, 5.41) is 6.11. The Bertz CT molecular complexity index is 1270. The summed E-state index contributed by atoms with van der Waals surface area (Å²) in [7, 11) is 0. The van der Waals surface area contributed by atoms with Gasteiger partial charge in [0.15, 0.2) is 5.69 Å². The number of amides is 2. The number of hydrogen-bond donors (Lipinski definition) is 2. The standard InChI is InChI=1S/C25H31FN6O3S/c1-14-8-19-21(36-14)20(31-23(30-19)29-15(2)17-9-18(26)11-27-10-17)22(33)28-7-6-16-12-32(13-16)24(34)35-25(3,4)5/h8-11,15-16H,6-7,12-13H2,1-5H3,(H,28,33)(H,29,30,31)/t15-/m0/s1. The molecule has 9 nitrogen and oxygen atoms in total. The lowest BCUT2D eigenvalue weighted by atomic mass is 9.97. The van der Waals surface area contributed by atoms with E-state index in [2.05, 4.69) is 25.6 Å². The van der Waals surface area contributed by atoms with E-state index >= 15 is 0 Å². The molecule has 1 saturated heterocycles. The van der Waals surface area contributed by atoms with Crippen LogP contribution in [0.4, 0.5) is 15.1 Å². The summed E-state index contributed by atoms with van der Waals surface area (Å²) in [6.45, 7) is 11.0. The van der Waals surface area contributed by atoms with Crippen molar-refractivity contribution in [2.45, 2.75) is 52.7 Å². The third-order valence-corrected chi connectivity index (χ3v) is 6.77. The molecule has 4 heterocycles. The summed E-state index contributed by atoms with van der Waals surface area (Å²) in [6.07, 6.45) is 3.17. The number of hydrogen-bond acceptors (Lipinski definition) is 8. The first kappa shape index (κ1) is 25.7. The Balaban J connectivity index is 1.37. The minimum Gasteiger partial charge on any atom is -0.444 e. The average Bonchev–Trinajstić information content (AvgIpc) is 3.13. The van der Waals surface area contributed by atoms with Crippen LogP contribution in [-0.4, -0.2) is 57.1 Å². The van der Waals surface area contributed by atoms with E-state index in [4.69, 9.17) is 4.74 Å². The van der Waals surface area contributed by atoms with Gasteiger partial charge in [-0.2, -0.15) is 0 Å². The van der Waals surface area contributed by atoms with Gasteiger partial charge in [0.2, 0.25) is 5.95 Å². The first-order valence-electron chi connectivity index (χ1n) is 11.9. The fraction of sp³-hybridized carbons (Fsp3) is 0.480. The van der Waals surface area contributed by atoms with E-state index in [0.29, 0.717) is 42.3 Å². The second-order valence-corrected chi connectivity index (χ2v) is 11.3. The van der Waals surface area contributed by atoms with Gasteiger partial charge >= 0.3 is 6.09 Å². The minimum absolute atomic E-state index is 0.282. The summed E-state index contributed by atoms with van der Waals surface area (Å²) < 4.78 is 19.7. The molecule has 2 amide bonds. The molecule has 0 aliphatic carbocycles. The molecule has 0 aromatic carbocycles. The Morgan fingerprint density at radius 3 is 2.69 bits per heavy atom. The molecule has 1 fully saturated rings. The number of pyridine rings is 1. The highest BCUT2D eigenvalue weighted by molar-refractivity contribution is 7.19. The second kappa shape index (κ2) is 10.3. The van der Waals surface area contributed by atoms with Crippen LogP contribution in [-0.2, 0) is 4.74 Å². The van der Waals surface area contributed by atoms with Crippen molar-refractivity contribution in [3.63, 3.8) is 0 Å². The van der Waals surface area contributed by atoms with Crippen molar-refractivity contribution < 1.29 is 18.7 Å². The number of aromatic nitrogens is 3. The zero-order valence-corrected chi connectivity index (χ0v) is 21.9. The van der Waals surface area contributed by atoms with Gasteiger partial charge in [-0.05, 0) is 64.7 Å². The van der Waals surface area contributed by atoms with Crippen molar-refractivity contribution in [2.75, 3.05) is 25.0 Å². The minimum atomic E-state index is -0.515. The molecule has 1 atom stereocenters. The first-order chi connectivity index (χ1) is 17.0. The number of aryl methyl sites for hydroxylation is 1. The van der Waals surface area contributed by atoms with Crippen molar-refractivity contribution in [3.05, 3.63) is 46.5 Å². The molecule has 4 rings (SSSR count). The van der Waals surface area contributed by atoms with E-state index in [-0.39, 0.29) is 24.0 Å². The van der Waals surface area contributed by atoms with Crippen LogP contribution in [0.2, 0.25) is 0 Å². The number of carbonyl (C=O) groups is 2. The maximum absolute atomic E-state index is 13.6. The largest absolute Gasteiger partial charge is 0.444 e. The van der Waals surface area contributed by atoms with Gasteiger partial charge in [0, 0.05) is 30.7 Å². The highest BCUT2D eigenvalue weighted by Crippen LogP contribution is 2.28. The van der Waals surface area contributed by atoms with Crippen molar-refractivity contribution in [2.24, 2.45) is 5.92 Å². The third kappa shape index (κ3) is 6.26. The van der Waals surface area contributed by atoms with E-state index in [0.717, 1.165) is 22.2 Å². The summed E-state index contributed by atoms with van der Waals surface area (Å²) in [5.41, 5.74) is 1.11. The quantitative estimate of drug-likeness (QED) is 0.471. The lowest BCUT2D eigenvalue weighted by Gasteiger charge is -2.39. The van der Waals surface area contributed by atoms with Crippen LogP contribution in [0.25, 0.3) is 10.2 Å². The van der Waals surface area contributed by atoms with Crippen LogP contribution in [0.1, 0.15) is 61.1 Å².